The fourth-order valence-corrected chi connectivity index (χ4v) is 0.817. The zero-order valence-corrected chi connectivity index (χ0v) is 7.03. The molecule has 0 aliphatic carbocycles. The molecule has 0 bridgehead atoms. The normalized spacial score (nSPS) is 13.0. The number of rotatable bonds is 6. The molecular weight excluding hydrogens is 150 g/mol. The van der Waals surface area contributed by atoms with E-state index in [1.165, 1.54) is 0 Å². The molecule has 0 aromatic heterocycles. The number of methoxy groups -OCH3 is 1. The van der Waals surface area contributed by atoms with Gasteiger partial charge in [0, 0.05) is 20.2 Å². The predicted octanol–water partition coefficient (Wildman–Crippen LogP) is 1.02. The molecule has 0 radical (unpaired) electrons. The molecule has 0 amide bonds. The second kappa shape index (κ2) is 7.06. The number of alkyl halides is 1. The minimum Gasteiger partial charge on any atom is -0.383 e. The summed E-state index contributed by atoms with van der Waals surface area (Å²) in [6.07, 6.45) is 1.80. The Labute approximate surface area is 67.2 Å². The fourth-order valence-electron chi connectivity index (χ4n) is 0.582. The van der Waals surface area contributed by atoms with Crippen LogP contribution in [0, 0.1) is 0 Å². The number of hydrogen-bond acceptors (Lipinski definition) is 2. The van der Waals surface area contributed by atoms with Gasteiger partial charge in [0.05, 0.1) is 12.0 Å². The molecule has 1 unspecified atom stereocenters. The van der Waals surface area contributed by atoms with Crippen molar-refractivity contribution < 1.29 is 4.74 Å². The van der Waals surface area contributed by atoms with Crippen molar-refractivity contribution in [1.29, 1.82) is 0 Å². The van der Waals surface area contributed by atoms with Crippen LogP contribution >= 0.6 is 11.6 Å². The van der Waals surface area contributed by atoms with Gasteiger partial charge in [-0.2, -0.15) is 0 Å². The third-order valence-electron chi connectivity index (χ3n) is 1.00. The Kier molecular flexibility index (Phi) is 7.03. The summed E-state index contributed by atoms with van der Waals surface area (Å²) in [4.78, 5) is 0. The Morgan fingerprint density at radius 1 is 1.80 bits per heavy atom. The van der Waals surface area contributed by atoms with Crippen LogP contribution in [0.5, 0.6) is 0 Å². The summed E-state index contributed by atoms with van der Waals surface area (Å²) in [7, 11) is 1.64. The molecule has 2 nitrogen and oxygen atoms in total. The van der Waals surface area contributed by atoms with E-state index in [9.17, 15) is 0 Å². The first-order valence-electron chi connectivity index (χ1n) is 3.26. The molecule has 10 heavy (non-hydrogen) atoms. The largest absolute Gasteiger partial charge is 0.383 e. The van der Waals surface area contributed by atoms with Crippen LogP contribution in [0.25, 0.3) is 0 Å². The Morgan fingerprint density at radius 3 is 3.00 bits per heavy atom. The summed E-state index contributed by atoms with van der Waals surface area (Å²) in [5.41, 5.74) is 0. The van der Waals surface area contributed by atoms with Crippen LogP contribution in [0.3, 0.4) is 0 Å². The number of ether oxygens (including phenoxy) is 1. The maximum Gasteiger partial charge on any atom is 0.0694 e. The molecule has 0 rings (SSSR count). The topological polar surface area (TPSA) is 21.3 Å². The highest BCUT2D eigenvalue weighted by molar-refractivity contribution is 6.20. The van der Waals surface area contributed by atoms with E-state index in [2.05, 4.69) is 11.9 Å². The lowest BCUT2D eigenvalue weighted by Crippen LogP contribution is -2.26. The Hall–Kier alpha value is -0.0500. The molecule has 0 aromatic rings. The standard InChI is InChI=1S/C7H14ClNO/c1-3-4-9-5-7(8)6-10-2/h3,7,9H,1,4-6H2,2H3. The van der Waals surface area contributed by atoms with Crippen LogP contribution in [-0.2, 0) is 4.74 Å². The summed E-state index contributed by atoms with van der Waals surface area (Å²) < 4.78 is 4.84. The molecule has 0 saturated carbocycles. The zero-order valence-electron chi connectivity index (χ0n) is 6.27. The molecule has 1 N–H and O–H groups in total. The summed E-state index contributed by atoms with van der Waals surface area (Å²) in [6.45, 7) is 5.72. The molecule has 0 fully saturated rings. The minimum absolute atomic E-state index is 0.0601. The lowest BCUT2D eigenvalue weighted by Gasteiger charge is -2.07. The van der Waals surface area contributed by atoms with Gasteiger partial charge in [0.25, 0.3) is 0 Å². The van der Waals surface area contributed by atoms with Crippen molar-refractivity contribution >= 4 is 11.6 Å². The van der Waals surface area contributed by atoms with Crippen LogP contribution in [0.15, 0.2) is 12.7 Å². The van der Waals surface area contributed by atoms with Crippen molar-refractivity contribution in [3.05, 3.63) is 12.7 Å². The van der Waals surface area contributed by atoms with Gasteiger partial charge in [0.1, 0.15) is 0 Å². The van der Waals surface area contributed by atoms with Crippen molar-refractivity contribution in [2.24, 2.45) is 0 Å². The van der Waals surface area contributed by atoms with E-state index in [1.807, 2.05) is 0 Å². The van der Waals surface area contributed by atoms with Crippen molar-refractivity contribution in [3.63, 3.8) is 0 Å². The maximum atomic E-state index is 5.79. The van der Waals surface area contributed by atoms with Crippen LogP contribution in [0.2, 0.25) is 0 Å². The maximum absolute atomic E-state index is 5.79. The summed E-state index contributed by atoms with van der Waals surface area (Å²) in [6, 6.07) is 0. The first-order valence-corrected chi connectivity index (χ1v) is 3.69. The van der Waals surface area contributed by atoms with Gasteiger partial charge in [0.2, 0.25) is 0 Å². The summed E-state index contributed by atoms with van der Waals surface area (Å²) in [5.74, 6) is 0. The highest BCUT2D eigenvalue weighted by atomic mass is 35.5. The van der Waals surface area contributed by atoms with E-state index in [1.54, 1.807) is 13.2 Å². The van der Waals surface area contributed by atoms with Crippen LogP contribution in [0.1, 0.15) is 0 Å². The van der Waals surface area contributed by atoms with E-state index in [-0.39, 0.29) is 5.38 Å². The second-order valence-electron chi connectivity index (χ2n) is 2.00. The lowest BCUT2D eigenvalue weighted by atomic mass is 10.4. The van der Waals surface area contributed by atoms with Gasteiger partial charge < -0.3 is 10.1 Å². The fraction of sp³-hybridized carbons (Fsp3) is 0.714. The van der Waals surface area contributed by atoms with Gasteiger partial charge in [0.15, 0.2) is 0 Å². The van der Waals surface area contributed by atoms with E-state index in [0.29, 0.717) is 6.61 Å². The zero-order chi connectivity index (χ0) is 7.82. The Morgan fingerprint density at radius 2 is 2.50 bits per heavy atom. The van der Waals surface area contributed by atoms with E-state index >= 15 is 0 Å². The van der Waals surface area contributed by atoms with Gasteiger partial charge in [-0.15, -0.1) is 18.2 Å². The first-order chi connectivity index (χ1) is 4.81. The van der Waals surface area contributed by atoms with E-state index in [4.69, 9.17) is 16.3 Å². The highest BCUT2D eigenvalue weighted by Gasteiger charge is 2.00. The van der Waals surface area contributed by atoms with Gasteiger partial charge in [-0.1, -0.05) is 6.08 Å². The molecule has 0 aliphatic rings. The molecule has 0 aromatic carbocycles. The van der Waals surface area contributed by atoms with Crippen LogP contribution in [-0.4, -0.2) is 32.2 Å². The van der Waals surface area contributed by atoms with Gasteiger partial charge in [-0.25, -0.2) is 0 Å². The molecule has 1 atom stereocenters. The molecule has 0 aliphatic heterocycles. The number of halogens is 1. The van der Waals surface area contributed by atoms with Crippen molar-refractivity contribution in [2.45, 2.75) is 5.38 Å². The third kappa shape index (κ3) is 6.08. The summed E-state index contributed by atoms with van der Waals surface area (Å²) in [5, 5.41) is 3.15. The molecule has 0 heterocycles. The number of nitrogens with one attached hydrogen (secondary N) is 1. The predicted molar refractivity (Wildman–Crippen MR) is 44.6 cm³/mol. The average molecular weight is 164 g/mol. The second-order valence-corrected chi connectivity index (χ2v) is 2.62. The van der Waals surface area contributed by atoms with Crippen molar-refractivity contribution in [2.75, 3.05) is 26.8 Å². The first kappa shape index (κ1) is 9.95. The molecule has 3 heteroatoms. The smallest absolute Gasteiger partial charge is 0.0694 e. The Bertz CT molecular complexity index is 87.7. The molecular formula is C7H14ClNO. The van der Waals surface area contributed by atoms with E-state index < -0.39 is 0 Å². The average Bonchev–Trinajstić information content (AvgIpc) is 1.89. The van der Waals surface area contributed by atoms with Crippen molar-refractivity contribution in [1.82, 2.24) is 5.32 Å². The van der Waals surface area contributed by atoms with Gasteiger partial charge in [-0.3, -0.25) is 0 Å². The molecule has 0 spiro atoms. The number of hydrogen-bond donors (Lipinski definition) is 1. The monoisotopic (exact) mass is 163 g/mol. The SMILES string of the molecule is C=CCNCC(Cl)COC. The van der Waals surface area contributed by atoms with Gasteiger partial charge in [-0.05, 0) is 0 Å². The lowest BCUT2D eigenvalue weighted by molar-refractivity contribution is 0.197. The highest BCUT2D eigenvalue weighted by Crippen LogP contribution is 1.92. The van der Waals surface area contributed by atoms with Gasteiger partial charge >= 0.3 is 0 Å². The Balaban J connectivity index is 3.04. The van der Waals surface area contributed by atoms with E-state index in [0.717, 1.165) is 13.1 Å². The quantitative estimate of drug-likeness (QED) is 0.359. The third-order valence-corrected chi connectivity index (χ3v) is 1.28. The van der Waals surface area contributed by atoms with Crippen molar-refractivity contribution in [3.8, 4) is 0 Å². The minimum atomic E-state index is 0.0601. The summed E-state index contributed by atoms with van der Waals surface area (Å²) >= 11 is 5.79. The van der Waals surface area contributed by atoms with Crippen LogP contribution in [0.4, 0.5) is 0 Å². The van der Waals surface area contributed by atoms with Crippen LogP contribution < -0.4 is 5.32 Å². The molecule has 60 valence electrons. The molecule has 0 saturated heterocycles.